The number of carbonyl (C=O) groups excluding carboxylic acids is 1. The van der Waals surface area contributed by atoms with Crippen LogP contribution < -0.4 is 4.90 Å². The molecule has 0 saturated carbocycles. The van der Waals surface area contributed by atoms with Gasteiger partial charge in [0.05, 0.1) is 12.5 Å². The molecular formula is C28H28Cl2F2N2O. The number of amides is 1. The summed E-state index contributed by atoms with van der Waals surface area (Å²) in [5.74, 6) is -0.0155. The van der Waals surface area contributed by atoms with E-state index in [2.05, 4.69) is 17.9 Å². The van der Waals surface area contributed by atoms with Gasteiger partial charge in [-0.1, -0.05) is 72.9 Å². The fraction of sp³-hybridized carbons (Fsp3) is 0.321. The maximum atomic E-state index is 13.2. The van der Waals surface area contributed by atoms with Crippen LogP contribution in [0.15, 0.2) is 66.7 Å². The number of alkyl halides is 2. The lowest BCUT2D eigenvalue weighted by molar-refractivity contribution is -0.131. The normalized spacial score (nSPS) is 16.1. The van der Waals surface area contributed by atoms with Gasteiger partial charge in [-0.25, -0.2) is 8.78 Å². The molecule has 1 aliphatic heterocycles. The molecule has 1 unspecified atom stereocenters. The van der Waals surface area contributed by atoms with E-state index in [0.29, 0.717) is 29.7 Å². The molecule has 35 heavy (non-hydrogen) atoms. The Morgan fingerprint density at radius 2 is 1.66 bits per heavy atom. The van der Waals surface area contributed by atoms with Gasteiger partial charge in [0.25, 0.3) is 6.43 Å². The molecule has 3 nitrogen and oxygen atoms in total. The van der Waals surface area contributed by atoms with Crippen molar-refractivity contribution < 1.29 is 13.6 Å². The summed E-state index contributed by atoms with van der Waals surface area (Å²) in [6.07, 6.45) is -0.420. The summed E-state index contributed by atoms with van der Waals surface area (Å²) >= 11 is 12.5. The smallest absolute Gasteiger partial charge is 0.263 e. The molecule has 1 aliphatic rings. The molecule has 1 heterocycles. The molecule has 3 aromatic rings. The van der Waals surface area contributed by atoms with E-state index < -0.39 is 6.43 Å². The number of anilines is 1. The Bertz CT molecular complexity index is 1150. The van der Waals surface area contributed by atoms with Crippen LogP contribution in [-0.2, 0) is 17.6 Å². The number of aryl methyl sites for hydroxylation is 1. The summed E-state index contributed by atoms with van der Waals surface area (Å²) < 4.78 is 25.7. The highest BCUT2D eigenvalue weighted by atomic mass is 35.5. The van der Waals surface area contributed by atoms with Crippen molar-refractivity contribution in [3.05, 3.63) is 99.0 Å². The molecule has 0 spiro atoms. The SMILES string of the molecule is CCCc1cc(Cl)ccc1N1CCN(C(=O)Cc2ccc(C(F)F)cc2)CC1c1ccc(Cl)cc1. The van der Waals surface area contributed by atoms with E-state index in [1.54, 1.807) is 12.1 Å². The van der Waals surface area contributed by atoms with Crippen LogP contribution in [0.4, 0.5) is 14.5 Å². The molecule has 0 N–H and O–H groups in total. The Balaban J connectivity index is 1.59. The van der Waals surface area contributed by atoms with Crippen LogP contribution in [0.25, 0.3) is 0 Å². The van der Waals surface area contributed by atoms with Gasteiger partial charge < -0.3 is 9.80 Å². The van der Waals surface area contributed by atoms with Crippen LogP contribution in [0.2, 0.25) is 10.0 Å². The highest BCUT2D eigenvalue weighted by Gasteiger charge is 2.32. The number of rotatable bonds is 7. The van der Waals surface area contributed by atoms with Crippen molar-refractivity contribution in [2.45, 2.75) is 38.7 Å². The van der Waals surface area contributed by atoms with Crippen molar-refractivity contribution in [3.8, 4) is 0 Å². The second kappa shape index (κ2) is 11.4. The summed E-state index contributed by atoms with van der Waals surface area (Å²) in [5, 5.41) is 1.38. The van der Waals surface area contributed by atoms with Crippen LogP contribution in [0.3, 0.4) is 0 Å². The zero-order valence-corrected chi connectivity index (χ0v) is 21.1. The minimum atomic E-state index is -2.52. The summed E-state index contributed by atoms with van der Waals surface area (Å²) in [7, 11) is 0. The number of carbonyl (C=O) groups is 1. The zero-order chi connectivity index (χ0) is 24.9. The number of nitrogens with zero attached hydrogens (tertiary/aromatic N) is 2. The van der Waals surface area contributed by atoms with E-state index in [1.165, 1.54) is 17.7 Å². The van der Waals surface area contributed by atoms with Gasteiger partial charge in [0.1, 0.15) is 0 Å². The minimum absolute atomic E-state index is 0.0155. The van der Waals surface area contributed by atoms with Gasteiger partial charge in [-0.3, -0.25) is 4.79 Å². The number of hydrogen-bond acceptors (Lipinski definition) is 2. The third kappa shape index (κ3) is 6.14. The molecule has 1 fully saturated rings. The molecule has 0 aliphatic carbocycles. The van der Waals surface area contributed by atoms with Crippen molar-refractivity contribution in [1.29, 1.82) is 0 Å². The Hall–Kier alpha value is -2.63. The van der Waals surface area contributed by atoms with E-state index in [1.807, 2.05) is 41.3 Å². The van der Waals surface area contributed by atoms with E-state index in [0.717, 1.165) is 29.7 Å². The van der Waals surface area contributed by atoms with Crippen molar-refractivity contribution >= 4 is 34.8 Å². The minimum Gasteiger partial charge on any atom is -0.361 e. The monoisotopic (exact) mass is 516 g/mol. The van der Waals surface area contributed by atoms with Crippen molar-refractivity contribution in [2.75, 3.05) is 24.5 Å². The maximum absolute atomic E-state index is 13.2. The third-order valence-electron chi connectivity index (χ3n) is 6.45. The van der Waals surface area contributed by atoms with Crippen molar-refractivity contribution in [3.63, 3.8) is 0 Å². The lowest BCUT2D eigenvalue weighted by Crippen LogP contribution is -2.51. The molecule has 7 heteroatoms. The molecule has 1 atom stereocenters. The molecule has 3 aromatic carbocycles. The summed E-state index contributed by atoms with van der Waals surface area (Å²) in [6, 6.07) is 19.7. The summed E-state index contributed by atoms with van der Waals surface area (Å²) in [4.78, 5) is 17.4. The van der Waals surface area contributed by atoms with E-state index in [9.17, 15) is 13.6 Å². The average molecular weight is 517 g/mol. The number of hydrogen-bond donors (Lipinski definition) is 0. The Morgan fingerprint density at radius 3 is 2.31 bits per heavy atom. The number of piperazine rings is 1. The molecule has 0 bridgehead atoms. The fourth-order valence-electron chi connectivity index (χ4n) is 4.64. The topological polar surface area (TPSA) is 23.6 Å². The van der Waals surface area contributed by atoms with Crippen LogP contribution in [0, 0.1) is 0 Å². The first kappa shape index (κ1) is 25.5. The van der Waals surface area contributed by atoms with Gasteiger partial charge >= 0.3 is 0 Å². The predicted molar refractivity (Wildman–Crippen MR) is 139 cm³/mol. The largest absolute Gasteiger partial charge is 0.361 e. The molecular weight excluding hydrogens is 489 g/mol. The lowest BCUT2D eigenvalue weighted by Gasteiger charge is -2.44. The fourth-order valence-corrected chi connectivity index (χ4v) is 4.96. The van der Waals surface area contributed by atoms with Gasteiger partial charge in [0.2, 0.25) is 5.91 Å². The summed E-state index contributed by atoms with van der Waals surface area (Å²) in [6.45, 7) is 3.91. The highest BCUT2D eigenvalue weighted by molar-refractivity contribution is 6.31. The molecule has 0 aromatic heterocycles. The molecule has 4 rings (SSSR count). The molecule has 1 amide bonds. The first-order valence-electron chi connectivity index (χ1n) is 11.8. The van der Waals surface area contributed by atoms with Gasteiger partial charge in [0, 0.05) is 40.9 Å². The van der Waals surface area contributed by atoms with Crippen molar-refractivity contribution in [2.24, 2.45) is 0 Å². The van der Waals surface area contributed by atoms with E-state index in [-0.39, 0.29) is 23.9 Å². The first-order valence-corrected chi connectivity index (χ1v) is 12.6. The Labute approximate surface area is 215 Å². The van der Waals surface area contributed by atoms with Crippen LogP contribution >= 0.6 is 23.2 Å². The highest BCUT2D eigenvalue weighted by Crippen LogP contribution is 2.35. The molecule has 1 saturated heterocycles. The second-order valence-corrected chi connectivity index (χ2v) is 9.72. The van der Waals surface area contributed by atoms with Crippen LogP contribution in [-0.4, -0.2) is 30.4 Å². The quantitative estimate of drug-likeness (QED) is 0.324. The first-order chi connectivity index (χ1) is 16.9. The van der Waals surface area contributed by atoms with Gasteiger partial charge in [-0.05, 0) is 53.4 Å². The zero-order valence-electron chi connectivity index (χ0n) is 19.6. The standard InChI is InChI=1S/C28H28Cl2F2N2O/c1-2-3-22-17-24(30)12-13-25(22)34-15-14-33(18-26(34)20-8-10-23(29)11-9-20)27(35)16-19-4-6-21(7-5-19)28(31)32/h4-13,17,26,28H,2-3,14-16,18H2,1H3. The maximum Gasteiger partial charge on any atom is 0.263 e. The number of benzene rings is 3. The van der Waals surface area contributed by atoms with E-state index in [4.69, 9.17) is 23.2 Å². The third-order valence-corrected chi connectivity index (χ3v) is 6.93. The molecule has 184 valence electrons. The second-order valence-electron chi connectivity index (χ2n) is 8.84. The molecule has 0 radical (unpaired) electrons. The lowest BCUT2D eigenvalue weighted by atomic mass is 9.98. The Kier molecular flexibility index (Phi) is 8.30. The van der Waals surface area contributed by atoms with Crippen molar-refractivity contribution in [1.82, 2.24) is 4.90 Å². The van der Waals surface area contributed by atoms with Gasteiger partial charge in [-0.15, -0.1) is 0 Å². The Morgan fingerprint density at radius 1 is 0.971 bits per heavy atom. The summed E-state index contributed by atoms with van der Waals surface area (Å²) in [5.41, 5.74) is 4.09. The average Bonchev–Trinajstić information content (AvgIpc) is 2.85. The van der Waals surface area contributed by atoms with Gasteiger partial charge in [0.15, 0.2) is 0 Å². The predicted octanol–water partition coefficient (Wildman–Crippen LogP) is 7.52. The van der Waals surface area contributed by atoms with Crippen LogP contribution in [0.5, 0.6) is 0 Å². The van der Waals surface area contributed by atoms with E-state index >= 15 is 0 Å². The number of halogens is 4. The van der Waals surface area contributed by atoms with Crippen LogP contribution in [0.1, 0.15) is 48.1 Å². The van der Waals surface area contributed by atoms with Gasteiger partial charge in [-0.2, -0.15) is 0 Å².